The van der Waals surface area contributed by atoms with E-state index >= 15 is 0 Å². The second kappa shape index (κ2) is 7.03. The molecule has 1 aliphatic carbocycles. The molecule has 3 rings (SSSR count). The van der Waals surface area contributed by atoms with Crippen LogP contribution in [0, 0.1) is 10.1 Å². The van der Waals surface area contributed by atoms with Crippen molar-refractivity contribution in [3.05, 3.63) is 51.2 Å². The van der Waals surface area contributed by atoms with E-state index in [2.05, 4.69) is 23.7 Å². The van der Waals surface area contributed by atoms with Gasteiger partial charge < -0.3 is 16.4 Å². The Morgan fingerprint density at radius 2 is 2.23 bits per heavy atom. The van der Waals surface area contributed by atoms with Gasteiger partial charge in [0.15, 0.2) is 5.82 Å². The molecule has 8 heteroatoms. The van der Waals surface area contributed by atoms with Gasteiger partial charge in [0.05, 0.1) is 11.3 Å². The van der Waals surface area contributed by atoms with Gasteiger partial charge in [0.25, 0.3) is 5.70 Å². The number of anilines is 1. The molecule has 2 aliphatic rings. The van der Waals surface area contributed by atoms with Crippen molar-refractivity contribution in [3.63, 3.8) is 0 Å². The van der Waals surface area contributed by atoms with Crippen molar-refractivity contribution in [2.75, 3.05) is 11.4 Å². The van der Waals surface area contributed by atoms with Crippen molar-refractivity contribution in [1.29, 1.82) is 0 Å². The maximum absolute atomic E-state index is 11.3. The van der Waals surface area contributed by atoms with Gasteiger partial charge in [-0.15, -0.1) is 0 Å². The van der Waals surface area contributed by atoms with E-state index in [4.69, 9.17) is 16.5 Å². The van der Waals surface area contributed by atoms with E-state index in [1.807, 2.05) is 6.07 Å². The molecule has 0 saturated carbocycles. The minimum absolute atomic E-state index is 0.0209. The van der Waals surface area contributed by atoms with Crippen LogP contribution < -0.4 is 16.4 Å². The largest absolute Gasteiger partial charge is 0.393 e. The Morgan fingerprint density at radius 3 is 2.85 bits per heavy atom. The molecule has 0 radical (unpaired) electrons. The van der Waals surface area contributed by atoms with Crippen LogP contribution in [0.3, 0.4) is 0 Å². The molecule has 1 aliphatic heterocycles. The highest BCUT2D eigenvalue weighted by molar-refractivity contribution is 5.44. The van der Waals surface area contributed by atoms with E-state index < -0.39 is 10.5 Å². The van der Waals surface area contributed by atoms with Gasteiger partial charge in [-0.2, -0.15) is 0 Å². The Morgan fingerprint density at radius 1 is 1.46 bits per heavy atom. The Hall–Kier alpha value is -2.48. The van der Waals surface area contributed by atoms with Crippen LogP contribution in [0.1, 0.15) is 51.0 Å². The molecule has 2 heterocycles. The third-order valence-corrected chi connectivity index (χ3v) is 5.11. The van der Waals surface area contributed by atoms with E-state index in [1.54, 1.807) is 6.08 Å². The first-order valence-electron chi connectivity index (χ1n) is 9.10. The average Bonchev–Trinajstić information content (AvgIpc) is 3.03. The van der Waals surface area contributed by atoms with Crippen LogP contribution in [0.15, 0.2) is 29.6 Å². The summed E-state index contributed by atoms with van der Waals surface area (Å²) in [4.78, 5) is 22.4. The van der Waals surface area contributed by atoms with Crippen LogP contribution in [-0.2, 0) is 12.0 Å². The summed E-state index contributed by atoms with van der Waals surface area (Å²) in [5.41, 5.74) is 12.1. The van der Waals surface area contributed by atoms with Crippen molar-refractivity contribution in [3.8, 4) is 0 Å². The Bertz CT molecular complexity index is 775. The van der Waals surface area contributed by atoms with Crippen LogP contribution >= 0.6 is 0 Å². The second-order valence-electron chi connectivity index (χ2n) is 7.19. The van der Waals surface area contributed by atoms with Crippen LogP contribution in [0.4, 0.5) is 5.82 Å². The predicted octanol–water partition coefficient (Wildman–Crippen LogP) is 1.98. The topological polar surface area (TPSA) is 124 Å². The first-order valence-corrected chi connectivity index (χ1v) is 9.10. The van der Waals surface area contributed by atoms with Crippen molar-refractivity contribution in [2.45, 2.75) is 57.5 Å². The Balaban J connectivity index is 2.02. The molecule has 0 amide bonds. The number of hydrogen-bond donors (Lipinski definition) is 2. The van der Waals surface area contributed by atoms with Gasteiger partial charge in [-0.3, -0.25) is 10.1 Å². The zero-order valence-corrected chi connectivity index (χ0v) is 15.3. The van der Waals surface area contributed by atoms with Gasteiger partial charge in [-0.25, -0.2) is 9.97 Å². The van der Waals surface area contributed by atoms with Crippen molar-refractivity contribution in [1.82, 2.24) is 9.97 Å². The summed E-state index contributed by atoms with van der Waals surface area (Å²) in [6.07, 6.45) is 7.17. The Labute approximate surface area is 153 Å². The summed E-state index contributed by atoms with van der Waals surface area (Å²) in [6, 6.07) is 2.43. The molecule has 0 aromatic carbocycles. The quantitative estimate of drug-likeness (QED) is 0.609. The molecular formula is C18H26N6O2. The van der Waals surface area contributed by atoms with E-state index in [9.17, 15) is 10.1 Å². The lowest BCUT2D eigenvalue weighted by atomic mass is 9.88. The monoisotopic (exact) mass is 358 g/mol. The van der Waals surface area contributed by atoms with Crippen LogP contribution in [0.25, 0.3) is 0 Å². The number of nitrogens with zero attached hydrogens (tertiary/aromatic N) is 4. The van der Waals surface area contributed by atoms with Crippen LogP contribution in [-0.4, -0.2) is 27.5 Å². The third-order valence-electron chi connectivity index (χ3n) is 5.11. The van der Waals surface area contributed by atoms with Crippen molar-refractivity contribution >= 4 is 5.82 Å². The molecule has 4 N–H and O–H groups in total. The van der Waals surface area contributed by atoms with Gasteiger partial charge in [0.1, 0.15) is 17.1 Å². The minimum Gasteiger partial charge on any atom is -0.393 e. The van der Waals surface area contributed by atoms with Gasteiger partial charge >= 0.3 is 0 Å². The minimum atomic E-state index is -1.13. The van der Waals surface area contributed by atoms with Crippen LogP contribution in [0.5, 0.6) is 0 Å². The van der Waals surface area contributed by atoms with Crippen LogP contribution in [0.2, 0.25) is 0 Å². The molecule has 2 atom stereocenters. The van der Waals surface area contributed by atoms with Gasteiger partial charge in [0.2, 0.25) is 0 Å². The molecule has 0 spiro atoms. The maximum atomic E-state index is 11.3. The predicted molar refractivity (Wildman–Crippen MR) is 99.9 cm³/mol. The van der Waals surface area contributed by atoms with Gasteiger partial charge in [-0.05, 0) is 32.3 Å². The number of rotatable bonds is 5. The number of aryl methyl sites for hydroxylation is 1. The zero-order chi connectivity index (χ0) is 18.9. The summed E-state index contributed by atoms with van der Waals surface area (Å²) in [5.74, 6) is 1.27. The standard InChI is InChI=1S/C18H26N6O2/c1-3-5-13-10-16(23-9-4-6-12(23)2)22-17(21-13)18(20)8-7-14(19)15(11-18)24(25)26/h7-8,10,12H,3-6,9,11,19-20H2,1-2H3. The molecule has 1 saturated heterocycles. The first-order chi connectivity index (χ1) is 12.3. The van der Waals surface area contributed by atoms with Crippen molar-refractivity contribution in [2.24, 2.45) is 11.5 Å². The molecule has 1 aromatic heterocycles. The summed E-state index contributed by atoms with van der Waals surface area (Å²) in [6.45, 7) is 5.22. The summed E-state index contributed by atoms with van der Waals surface area (Å²) in [5, 5.41) is 11.3. The van der Waals surface area contributed by atoms with Gasteiger partial charge in [0, 0.05) is 24.3 Å². The lowest BCUT2D eigenvalue weighted by Gasteiger charge is -2.29. The smallest absolute Gasteiger partial charge is 0.271 e. The van der Waals surface area contributed by atoms with Crippen molar-refractivity contribution < 1.29 is 4.92 Å². The van der Waals surface area contributed by atoms with E-state index in [-0.39, 0.29) is 17.8 Å². The number of nitro groups is 1. The van der Waals surface area contributed by atoms with Gasteiger partial charge in [-0.1, -0.05) is 19.4 Å². The summed E-state index contributed by atoms with van der Waals surface area (Å²) < 4.78 is 0. The summed E-state index contributed by atoms with van der Waals surface area (Å²) in [7, 11) is 0. The molecular weight excluding hydrogens is 332 g/mol. The summed E-state index contributed by atoms with van der Waals surface area (Å²) >= 11 is 0. The highest BCUT2D eigenvalue weighted by Gasteiger charge is 2.38. The fraction of sp³-hybridized carbons (Fsp3) is 0.556. The zero-order valence-electron chi connectivity index (χ0n) is 15.3. The fourth-order valence-electron chi connectivity index (χ4n) is 3.59. The van der Waals surface area contributed by atoms with E-state index in [1.165, 1.54) is 6.08 Å². The second-order valence-corrected chi connectivity index (χ2v) is 7.19. The molecule has 140 valence electrons. The first kappa shape index (κ1) is 18.3. The van der Waals surface area contributed by atoms with E-state index in [0.29, 0.717) is 11.9 Å². The highest BCUT2D eigenvalue weighted by atomic mass is 16.6. The Kier molecular flexibility index (Phi) is 4.95. The number of hydrogen-bond acceptors (Lipinski definition) is 7. The molecule has 26 heavy (non-hydrogen) atoms. The molecule has 2 unspecified atom stereocenters. The molecule has 1 aromatic rings. The number of aromatic nitrogens is 2. The molecule has 1 fully saturated rings. The molecule has 8 nitrogen and oxygen atoms in total. The normalized spacial score (nSPS) is 25.8. The SMILES string of the molecule is CCCc1cc(N2CCCC2C)nc(C2(N)C=CC(N)=C([N+](=O)[O-])C2)n1. The highest BCUT2D eigenvalue weighted by Crippen LogP contribution is 2.33. The molecule has 0 bridgehead atoms. The fourth-order valence-corrected chi connectivity index (χ4v) is 3.59. The third kappa shape index (κ3) is 3.41. The number of nitrogens with two attached hydrogens (primary N) is 2. The lowest BCUT2D eigenvalue weighted by Crippen LogP contribution is -2.41. The number of allylic oxidation sites excluding steroid dienone is 1. The average molecular weight is 358 g/mol. The lowest BCUT2D eigenvalue weighted by molar-refractivity contribution is -0.430. The maximum Gasteiger partial charge on any atom is 0.271 e. The van der Waals surface area contributed by atoms with E-state index in [0.717, 1.165) is 43.7 Å².